The molecule has 0 spiro atoms. The standard InChI is InChI=1S/C18H19F3N2O4S2/c19-18(20,21)12-13-3-5-14(6-4-13)22-16(24)17(25)7-9-23(10-8-17)29(26,27)15-2-1-11-28-15/h1-6,11,25H,7-10,12H2,(H,22,24). The number of hydrogen-bond acceptors (Lipinski definition) is 5. The van der Waals surface area contributed by atoms with Crippen molar-refractivity contribution in [1.82, 2.24) is 4.31 Å². The number of nitrogens with zero attached hydrogens (tertiary/aromatic N) is 1. The van der Waals surface area contributed by atoms with E-state index in [4.69, 9.17) is 0 Å². The first-order valence-corrected chi connectivity index (χ1v) is 11.0. The van der Waals surface area contributed by atoms with Gasteiger partial charge in [0, 0.05) is 18.8 Å². The highest BCUT2D eigenvalue weighted by Crippen LogP contribution is 2.30. The molecule has 1 aliphatic heterocycles. The Hall–Kier alpha value is -1.95. The molecular formula is C18H19F3N2O4S2. The molecule has 0 bridgehead atoms. The summed E-state index contributed by atoms with van der Waals surface area (Å²) in [6, 6.07) is 8.30. The topological polar surface area (TPSA) is 86.7 Å². The van der Waals surface area contributed by atoms with Gasteiger partial charge in [0.15, 0.2) is 0 Å². The van der Waals surface area contributed by atoms with E-state index in [2.05, 4.69) is 5.32 Å². The number of halogens is 3. The van der Waals surface area contributed by atoms with Crippen LogP contribution in [0.25, 0.3) is 0 Å². The Labute approximate surface area is 170 Å². The minimum Gasteiger partial charge on any atom is -0.380 e. The van der Waals surface area contributed by atoms with E-state index in [-0.39, 0.29) is 41.4 Å². The predicted molar refractivity (Wildman–Crippen MR) is 102 cm³/mol. The summed E-state index contributed by atoms with van der Waals surface area (Å²) in [4.78, 5) is 12.5. The zero-order valence-corrected chi connectivity index (χ0v) is 16.8. The van der Waals surface area contributed by atoms with Crippen LogP contribution in [-0.4, -0.2) is 48.6 Å². The van der Waals surface area contributed by atoms with E-state index in [1.54, 1.807) is 11.4 Å². The summed E-state index contributed by atoms with van der Waals surface area (Å²) in [6.45, 7) is -0.0383. The average molecular weight is 448 g/mol. The molecule has 1 aliphatic rings. The third-order valence-electron chi connectivity index (χ3n) is 4.68. The van der Waals surface area contributed by atoms with Crippen LogP contribution in [0.15, 0.2) is 46.0 Å². The fourth-order valence-corrected chi connectivity index (χ4v) is 5.63. The van der Waals surface area contributed by atoms with Crippen molar-refractivity contribution >= 4 is 33.0 Å². The summed E-state index contributed by atoms with van der Waals surface area (Å²) >= 11 is 1.09. The highest BCUT2D eigenvalue weighted by Gasteiger charge is 2.42. The molecule has 2 aromatic rings. The summed E-state index contributed by atoms with van der Waals surface area (Å²) in [5, 5.41) is 14.8. The molecule has 2 heterocycles. The van der Waals surface area contributed by atoms with Crippen LogP contribution in [0.1, 0.15) is 18.4 Å². The van der Waals surface area contributed by atoms with Gasteiger partial charge in [0.25, 0.3) is 15.9 Å². The number of alkyl halides is 3. The van der Waals surface area contributed by atoms with E-state index in [0.29, 0.717) is 0 Å². The second kappa shape index (κ2) is 8.05. The normalized spacial score (nSPS) is 17.8. The molecule has 1 aromatic heterocycles. The maximum absolute atomic E-state index is 12.5. The Morgan fingerprint density at radius 3 is 2.31 bits per heavy atom. The van der Waals surface area contributed by atoms with E-state index < -0.39 is 34.1 Å². The molecule has 1 fully saturated rings. The van der Waals surface area contributed by atoms with Gasteiger partial charge in [0.05, 0.1) is 6.42 Å². The molecule has 0 unspecified atom stereocenters. The summed E-state index contributed by atoms with van der Waals surface area (Å²) in [7, 11) is -3.66. The van der Waals surface area contributed by atoms with Gasteiger partial charge in [-0.3, -0.25) is 4.79 Å². The van der Waals surface area contributed by atoms with Gasteiger partial charge in [-0.15, -0.1) is 11.3 Å². The molecular weight excluding hydrogens is 429 g/mol. The summed E-state index contributed by atoms with van der Waals surface area (Å²) in [6.07, 6.45) is -5.57. The Kier molecular flexibility index (Phi) is 6.04. The molecule has 158 valence electrons. The Morgan fingerprint density at radius 1 is 1.17 bits per heavy atom. The SMILES string of the molecule is O=C(Nc1ccc(CC(F)(F)F)cc1)C1(O)CCN(S(=O)(=O)c2cccs2)CC1. The Morgan fingerprint density at radius 2 is 1.79 bits per heavy atom. The van der Waals surface area contributed by atoms with E-state index in [1.165, 1.54) is 34.6 Å². The summed E-state index contributed by atoms with van der Waals surface area (Å²) < 4.78 is 63.7. The molecule has 0 radical (unpaired) electrons. The first-order chi connectivity index (χ1) is 13.5. The van der Waals surface area contributed by atoms with Crippen molar-refractivity contribution in [2.45, 2.75) is 35.2 Å². The van der Waals surface area contributed by atoms with Crippen LogP contribution >= 0.6 is 11.3 Å². The van der Waals surface area contributed by atoms with Crippen molar-refractivity contribution in [3.05, 3.63) is 47.3 Å². The molecule has 2 N–H and O–H groups in total. The number of anilines is 1. The van der Waals surface area contributed by atoms with Crippen LogP contribution in [0, 0.1) is 0 Å². The van der Waals surface area contributed by atoms with Crippen molar-refractivity contribution in [2.24, 2.45) is 0 Å². The minimum absolute atomic E-state index is 0.0192. The lowest BCUT2D eigenvalue weighted by atomic mass is 9.91. The quantitative estimate of drug-likeness (QED) is 0.736. The third kappa shape index (κ3) is 5.16. The molecule has 0 atom stereocenters. The van der Waals surface area contributed by atoms with E-state index in [9.17, 15) is 31.5 Å². The van der Waals surface area contributed by atoms with Gasteiger partial charge in [0.1, 0.15) is 9.81 Å². The van der Waals surface area contributed by atoms with E-state index >= 15 is 0 Å². The van der Waals surface area contributed by atoms with Crippen molar-refractivity contribution < 1.29 is 31.5 Å². The second-order valence-corrected chi connectivity index (χ2v) is 9.92. The number of aliphatic hydroxyl groups is 1. The maximum Gasteiger partial charge on any atom is 0.393 e. The average Bonchev–Trinajstić information content (AvgIpc) is 3.18. The molecule has 1 saturated heterocycles. The molecule has 6 nitrogen and oxygen atoms in total. The monoisotopic (exact) mass is 448 g/mol. The van der Waals surface area contributed by atoms with Gasteiger partial charge in [-0.05, 0) is 42.0 Å². The van der Waals surface area contributed by atoms with Crippen LogP contribution in [0.2, 0.25) is 0 Å². The molecule has 1 amide bonds. The first-order valence-electron chi connectivity index (χ1n) is 8.73. The highest BCUT2D eigenvalue weighted by atomic mass is 32.2. The number of carbonyl (C=O) groups is 1. The van der Waals surface area contributed by atoms with E-state index in [1.807, 2.05) is 0 Å². The van der Waals surface area contributed by atoms with Crippen molar-refractivity contribution in [3.8, 4) is 0 Å². The van der Waals surface area contributed by atoms with Crippen molar-refractivity contribution in [3.63, 3.8) is 0 Å². The molecule has 3 rings (SSSR count). The van der Waals surface area contributed by atoms with Gasteiger partial charge in [0.2, 0.25) is 0 Å². The number of piperidine rings is 1. The minimum atomic E-state index is -4.32. The molecule has 0 saturated carbocycles. The van der Waals surface area contributed by atoms with Gasteiger partial charge in [-0.2, -0.15) is 17.5 Å². The fraction of sp³-hybridized carbons (Fsp3) is 0.389. The first kappa shape index (κ1) is 21.8. The summed E-state index contributed by atoms with van der Waals surface area (Å²) in [5.41, 5.74) is -1.45. The van der Waals surface area contributed by atoms with Crippen LogP contribution in [0.5, 0.6) is 0 Å². The summed E-state index contributed by atoms with van der Waals surface area (Å²) in [5.74, 6) is -0.714. The second-order valence-electron chi connectivity index (χ2n) is 6.81. The van der Waals surface area contributed by atoms with Gasteiger partial charge < -0.3 is 10.4 Å². The predicted octanol–water partition coefficient (Wildman–Crippen LogP) is 3.01. The van der Waals surface area contributed by atoms with Crippen LogP contribution in [0.4, 0.5) is 18.9 Å². The lowest BCUT2D eigenvalue weighted by Crippen LogP contribution is -2.52. The number of nitrogens with one attached hydrogen (secondary N) is 1. The number of sulfonamides is 1. The number of thiophene rings is 1. The van der Waals surface area contributed by atoms with Gasteiger partial charge in [-0.25, -0.2) is 8.42 Å². The lowest BCUT2D eigenvalue weighted by molar-refractivity contribution is -0.137. The van der Waals surface area contributed by atoms with Crippen LogP contribution < -0.4 is 5.32 Å². The zero-order chi connectivity index (χ0) is 21.3. The van der Waals surface area contributed by atoms with Crippen molar-refractivity contribution in [1.29, 1.82) is 0 Å². The number of hydrogen-bond donors (Lipinski definition) is 2. The Balaban J connectivity index is 1.61. The molecule has 29 heavy (non-hydrogen) atoms. The van der Waals surface area contributed by atoms with Gasteiger partial charge >= 0.3 is 6.18 Å². The number of rotatable bonds is 5. The molecule has 0 aliphatic carbocycles. The largest absolute Gasteiger partial charge is 0.393 e. The van der Waals surface area contributed by atoms with Crippen LogP contribution in [0.3, 0.4) is 0 Å². The lowest BCUT2D eigenvalue weighted by Gasteiger charge is -2.36. The van der Waals surface area contributed by atoms with Gasteiger partial charge in [-0.1, -0.05) is 18.2 Å². The molecule has 11 heteroatoms. The zero-order valence-electron chi connectivity index (χ0n) is 15.1. The molecule has 1 aromatic carbocycles. The van der Waals surface area contributed by atoms with Crippen molar-refractivity contribution in [2.75, 3.05) is 18.4 Å². The number of amides is 1. The third-order valence-corrected chi connectivity index (χ3v) is 7.95. The maximum atomic E-state index is 12.5. The smallest absolute Gasteiger partial charge is 0.380 e. The number of benzene rings is 1. The highest BCUT2D eigenvalue weighted by molar-refractivity contribution is 7.91. The fourth-order valence-electron chi connectivity index (χ4n) is 3.05. The van der Waals surface area contributed by atoms with Crippen LogP contribution in [-0.2, 0) is 21.2 Å². The Bertz CT molecular complexity index is 950. The van der Waals surface area contributed by atoms with E-state index in [0.717, 1.165) is 11.3 Å². The number of carbonyl (C=O) groups excluding carboxylic acids is 1.